The second kappa shape index (κ2) is 8.52. The van der Waals surface area contributed by atoms with E-state index < -0.39 is 17.6 Å². The number of carbonyl (C=O) groups excluding carboxylic acids is 1. The number of hydrogen-bond donors (Lipinski definition) is 2. The van der Waals surface area contributed by atoms with Crippen molar-refractivity contribution in [1.82, 2.24) is 9.55 Å². The van der Waals surface area contributed by atoms with Gasteiger partial charge in [-0.3, -0.25) is 4.79 Å². The molecule has 9 heteroatoms. The number of nitrogens with one attached hydrogen (secondary N) is 1. The van der Waals surface area contributed by atoms with Crippen molar-refractivity contribution in [3.05, 3.63) is 47.5 Å². The Morgan fingerprint density at radius 2 is 1.88 bits per heavy atom. The van der Waals surface area contributed by atoms with Crippen LogP contribution >= 0.6 is 0 Å². The zero-order valence-electron chi connectivity index (χ0n) is 19.7. The molecule has 1 aliphatic rings. The number of carbonyl (C=O) groups is 1. The van der Waals surface area contributed by atoms with Gasteiger partial charge in [0.25, 0.3) is 5.91 Å². The van der Waals surface area contributed by atoms with Crippen LogP contribution in [0.3, 0.4) is 0 Å². The van der Waals surface area contributed by atoms with Crippen LogP contribution in [0.4, 0.5) is 24.8 Å². The number of alkyl halides is 3. The molecule has 0 saturated heterocycles. The zero-order chi connectivity index (χ0) is 24.8. The number of ether oxygens (including phenoxy) is 1. The second-order valence-corrected chi connectivity index (χ2v) is 9.98. The number of aromatic nitrogens is 2. The Hall–Kier alpha value is -3.23. The first-order valence-electron chi connectivity index (χ1n) is 11.2. The summed E-state index contributed by atoms with van der Waals surface area (Å²) in [6.07, 6.45) is -1.47. The Kier molecular flexibility index (Phi) is 5.99. The Balaban J connectivity index is 1.84. The van der Waals surface area contributed by atoms with E-state index in [0.717, 1.165) is 36.9 Å². The summed E-state index contributed by atoms with van der Waals surface area (Å²) in [5, 5.41) is 3.19. The van der Waals surface area contributed by atoms with Crippen molar-refractivity contribution in [2.45, 2.75) is 52.3 Å². The summed E-state index contributed by atoms with van der Waals surface area (Å²) in [6.45, 7) is 6.70. The number of anilines is 2. The molecule has 2 atom stereocenters. The fourth-order valence-electron chi connectivity index (χ4n) is 5.31. The maximum atomic E-state index is 13.0. The fraction of sp³-hybridized carbons (Fsp3) is 0.440. The lowest BCUT2D eigenvalue weighted by Crippen LogP contribution is -2.29. The highest BCUT2D eigenvalue weighted by molar-refractivity contribution is 6.00. The molecule has 4 rings (SSSR count). The van der Waals surface area contributed by atoms with Crippen molar-refractivity contribution in [2.75, 3.05) is 12.4 Å². The van der Waals surface area contributed by atoms with Gasteiger partial charge in [-0.25, -0.2) is 4.98 Å². The number of methoxy groups -OCH3 is 1. The van der Waals surface area contributed by atoms with Gasteiger partial charge in [0, 0.05) is 17.8 Å². The number of primary amides is 1. The first-order valence-corrected chi connectivity index (χ1v) is 11.2. The number of hydrogen-bond acceptors (Lipinski definition) is 4. The number of nitrogens with zero attached hydrogens (tertiary/aromatic N) is 2. The van der Waals surface area contributed by atoms with E-state index in [4.69, 9.17) is 15.5 Å². The Morgan fingerprint density at radius 1 is 1.21 bits per heavy atom. The van der Waals surface area contributed by atoms with E-state index in [0.29, 0.717) is 28.8 Å². The van der Waals surface area contributed by atoms with E-state index in [2.05, 4.69) is 30.7 Å². The number of nitrogens with two attached hydrogens (primary N) is 1. The van der Waals surface area contributed by atoms with Gasteiger partial charge in [0.05, 0.1) is 29.3 Å². The summed E-state index contributed by atoms with van der Waals surface area (Å²) in [6, 6.07) is 8.30. The van der Waals surface area contributed by atoms with Crippen LogP contribution in [-0.4, -0.2) is 22.6 Å². The van der Waals surface area contributed by atoms with E-state index in [9.17, 15) is 18.0 Å². The van der Waals surface area contributed by atoms with Crippen LogP contribution < -0.4 is 15.8 Å². The van der Waals surface area contributed by atoms with Crippen LogP contribution in [0.2, 0.25) is 0 Å². The Bertz CT molecular complexity index is 1220. The van der Waals surface area contributed by atoms with Gasteiger partial charge in [-0.15, -0.1) is 0 Å². The molecular formula is C25H29F3N4O2. The molecule has 1 aliphatic carbocycles. The molecule has 0 unspecified atom stereocenters. The van der Waals surface area contributed by atoms with Crippen molar-refractivity contribution in [3.63, 3.8) is 0 Å². The van der Waals surface area contributed by atoms with Crippen LogP contribution in [0.25, 0.3) is 11.0 Å². The minimum Gasteiger partial charge on any atom is -0.496 e. The minimum atomic E-state index is -4.41. The molecule has 34 heavy (non-hydrogen) atoms. The normalized spacial score (nSPS) is 20.3. The molecule has 0 radical (unpaired) electrons. The topological polar surface area (TPSA) is 82.2 Å². The van der Waals surface area contributed by atoms with Crippen LogP contribution in [0.1, 0.15) is 62.0 Å². The quantitative estimate of drug-likeness (QED) is 0.455. The lowest BCUT2D eigenvalue weighted by Gasteiger charge is -2.40. The first-order chi connectivity index (χ1) is 15.9. The highest BCUT2D eigenvalue weighted by atomic mass is 19.4. The summed E-state index contributed by atoms with van der Waals surface area (Å²) in [7, 11) is 1.47. The van der Waals surface area contributed by atoms with Crippen LogP contribution in [-0.2, 0) is 6.18 Å². The van der Waals surface area contributed by atoms with Crippen molar-refractivity contribution in [3.8, 4) is 5.75 Å². The molecule has 1 aromatic heterocycles. The predicted molar refractivity (Wildman–Crippen MR) is 125 cm³/mol. The molecule has 6 nitrogen and oxygen atoms in total. The van der Waals surface area contributed by atoms with Gasteiger partial charge < -0.3 is 20.4 Å². The van der Waals surface area contributed by atoms with Crippen LogP contribution in [0, 0.1) is 11.3 Å². The molecule has 3 aromatic rings. The Morgan fingerprint density at radius 3 is 2.44 bits per heavy atom. The number of benzene rings is 2. The number of imidazole rings is 1. The van der Waals surface area contributed by atoms with Gasteiger partial charge >= 0.3 is 6.18 Å². The third-order valence-corrected chi connectivity index (χ3v) is 6.47. The summed E-state index contributed by atoms with van der Waals surface area (Å²) < 4.78 is 46.5. The van der Waals surface area contributed by atoms with E-state index in [1.54, 1.807) is 12.1 Å². The maximum absolute atomic E-state index is 13.0. The molecule has 1 fully saturated rings. The third-order valence-electron chi connectivity index (χ3n) is 6.47. The van der Waals surface area contributed by atoms with E-state index in [-0.39, 0.29) is 17.0 Å². The summed E-state index contributed by atoms with van der Waals surface area (Å²) in [4.78, 5) is 16.7. The molecular weight excluding hydrogens is 445 g/mol. The van der Waals surface area contributed by atoms with Crippen LogP contribution in [0.5, 0.6) is 5.75 Å². The van der Waals surface area contributed by atoms with Gasteiger partial charge in [0.2, 0.25) is 5.95 Å². The predicted octanol–water partition coefficient (Wildman–Crippen LogP) is 6.29. The summed E-state index contributed by atoms with van der Waals surface area (Å²) >= 11 is 0. The molecule has 1 saturated carbocycles. The van der Waals surface area contributed by atoms with Gasteiger partial charge in [0.15, 0.2) is 0 Å². The lowest BCUT2D eigenvalue weighted by atomic mass is 9.70. The molecule has 1 amide bonds. The first kappa shape index (κ1) is 23.9. The van der Waals surface area contributed by atoms with E-state index >= 15 is 0 Å². The Labute approximate surface area is 196 Å². The van der Waals surface area contributed by atoms with E-state index in [1.165, 1.54) is 19.2 Å². The SMILES string of the molecule is COc1cc2c(cc1C(N)=O)nc(Nc1ccc(C(F)(F)F)cc1)n2[C@@H]1C[C@H](C)CC(C)(C)C1. The number of amides is 1. The average Bonchev–Trinajstić information content (AvgIpc) is 3.07. The van der Waals surface area contributed by atoms with Crippen molar-refractivity contribution in [1.29, 1.82) is 0 Å². The smallest absolute Gasteiger partial charge is 0.416 e. The molecule has 0 bridgehead atoms. The second-order valence-electron chi connectivity index (χ2n) is 9.98. The number of halogens is 3. The third kappa shape index (κ3) is 4.69. The summed E-state index contributed by atoms with van der Waals surface area (Å²) in [5.41, 5.74) is 6.96. The van der Waals surface area contributed by atoms with Crippen molar-refractivity contribution in [2.24, 2.45) is 17.1 Å². The van der Waals surface area contributed by atoms with Crippen molar-refractivity contribution < 1.29 is 22.7 Å². The lowest BCUT2D eigenvalue weighted by molar-refractivity contribution is -0.137. The highest BCUT2D eigenvalue weighted by Gasteiger charge is 2.35. The van der Waals surface area contributed by atoms with Gasteiger partial charge in [0.1, 0.15) is 5.75 Å². The fourth-order valence-corrected chi connectivity index (χ4v) is 5.31. The van der Waals surface area contributed by atoms with Gasteiger partial charge in [-0.05, 0) is 60.9 Å². The summed E-state index contributed by atoms with van der Waals surface area (Å²) in [5.74, 6) is 0.702. The maximum Gasteiger partial charge on any atom is 0.416 e. The molecule has 0 spiro atoms. The molecule has 0 aliphatic heterocycles. The van der Waals surface area contributed by atoms with Crippen LogP contribution in [0.15, 0.2) is 36.4 Å². The molecule has 182 valence electrons. The van der Waals surface area contributed by atoms with Gasteiger partial charge in [-0.2, -0.15) is 13.2 Å². The highest BCUT2D eigenvalue weighted by Crippen LogP contribution is 2.46. The standard InChI is InChI=1S/C25H29F3N4O2/c1-14-9-17(13-24(2,3)12-14)32-20-11-21(34-4)18(22(29)33)10-19(20)31-23(32)30-16-7-5-15(6-8-16)25(26,27)28/h5-8,10-11,14,17H,9,12-13H2,1-4H3,(H2,29,33)(H,30,31)/t14-,17+/m0/s1. The number of fused-ring (bicyclic) bond motifs is 1. The van der Waals surface area contributed by atoms with Crippen molar-refractivity contribution >= 4 is 28.6 Å². The molecule has 2 aromatic carbocycles. The van der Waals surface area contributed by atoms with Gasteiger partial charge in [-0.1, -0.05) is 20.8 Å². The number of rotatable bonds is 5. The molecule has 1 heterocycles. The molecule has 3 N–H and O–H groups in total. The zero-order valence-corrected chi connectivity index (χ0v) is 19.7. The van der Waals surface area contributed by atoms with E-state index in [1.807, 2.05) is 0 Å². The minimum absolute atomic E-state index is 0.102. The largest absolute Gasteiger partial charge is 0.496 e. The monoisotopic (exact) mass is 474 g/mol. The average molecular weight is 475 g/mol.